The molecular formula is C56H66FN11O4. The molecule has 4 aliphatic heterocycles. The van der Waals surface area contributed by atoms with Gasteiger partial charge in [-0.05, 0) is 136 Å². The molecule has 3 saturated heterocycles. The number of carbonyl (C=O) groups is 3. The third-order valence-corrected chi connectivity index (χ3v) is 16.4. The van der Waals surface area contributed by atoms with Gasteiger partial charge in [0.25, 0.3) is 5.91 Å². The van der Waals surface area contributed by atoms with Crippen molar-refractivity contribution in [3.05, 3.63) is 117 Å². The summed E-state index contributed by atoms with van der Waals surface area (Å²) in [6.45, 7) is 13.8. The van der Waals surface area contributed by atoms with Crippen molar-refractivity contribution in [1.29, 1.82) is 0 Å². The van der Waals surface area contributed by atoms with Crippen LogP contribution in [-0.4, -0.2) is 126 Å². The summed E-state index contributed by atoms with van der Waals surface area (Å²) in [5.74, 6) is 0.175. The molecule has 6 aromatic rings. The molecule has 15 nitrogen and oxygen atoms in total. The first kappa shape index (κ1) is 47.8. The van der Waals surface area contributed by atoms with E-state index in [4.69, 9.17) is 4.98 Å². The zero-order valence-electron chi connectivity index (χ0n) is 42.2. The van der Waals surface area contributed by atoms with Gasteiger partial charge in [0.2, 0.25) is 11.8 Å². The van der Waals surface area contributed by atoms with Crippen LogP contribution in [0.1, 0.15) is 110 Å². The third-order valence-electron chi connectivity index (χ3n) is 16.4. The largest absolute Gasteiger partial charge is 0.373 e. The number of hydrogen-bond donors (Lipinski definition) is 2. The number of halogens is 1. The Morgan fingerprint density at radius 1 is 0.903 bits per heavy atom. The van der Waals surface area contributed by atoms with Gasteiger partial charge in [0.05, 0.1) is 11.0 Å². The van der Waals surface area contributed by atoms with Crippen molar-refractivity contribution in [2.75, 3.05) is 64.7 Å². The van der Waals surface area contributed by atoms with E-state index in [0.29, 0.717) is 55.6 Å². The summed E-state index contributed by atoms with van der Waals surface area (Å²) in [6.07, 6.45) is 10.9. The van der Waals surface area contributed by atoms with Crippen LogP contribution in [0.3, 0.4) is 0 Å². The molecule has 0 radical (unpaired) electrons. The Labute approximate surface area is 419 Å². The van der Waals surface area contributed by atoms with Crippen LogP contribution in [0.25, 0.3) is 38.8 Å². The number of pyridine rings is 2. The predicted octanol–water partition coefficient (Wildman–Crippen LogP) is 7.46. The van der Waals surface area contributed by atoms with Crippen LogP contribution in [0.15, 0.2) is 77.9 Å². The highest BCUT2D eigenvalue weighted by molar-refractivity contribution is 6.00. The Hall–Kier alpha value is -6.49. The highest BCUT2D eigenvalue weighted by Crippen LogP contribution is 2.39. The van der Waals surface area contributed by atoms with E-state index in [0.717, 1.165) is 126 Å². The SMILES string of the molecule is CNc1ccc(-c2ccnc3c2cc([C@H](C)N2CC=C(c4c(C)cc(C(=O)N5CCC(CN6CCN(Cc7ccc8c(c7)n(C7CC7)c(=O)n8[C@@H]7CCC(=O)NC7=O)C[C@@H]6C)CC5)cc4F)CC2)n3C)cn1. The summed E-state index contributed by atoms with van der Waals surface area (Å²) in [6, 6.07) is 17.8. The minimum absolute atomic E-state index is 0.0969. The lowest BCUT2D eigenvalue weighted by atomic mass is 9.92. The summed E-state index contributed by atoms with van der Waals surface area (Å²) < 4.78 is 21.8. The van der Waals surface area contributed by atoms with Crippen LogP contribution in [0.4, 0.5) is 10.2 Å². The van der Waals surface area contributed by atoms with Gasteiger partial charge in [0.1, 0.15) is 23.3 Å². The van der Waals surface area contributed by atoms with E-state index in [1.807, 2.05) is 60.1 Å². The van der Waals surface area contributed by atoms with Gasteiger partial charge in [-0.1, -0.05) is 12.1 Å². The number of piperazine rings is 1. The van der Waals surface area contributed by atoms with Gasteiger partial charge in [-0.15, -0.1) is 0 Å². The number of nitrogens with one attached hydrogen (secondary N) is 2. The molecule has 0 unspecified atom stereocenters. The van der Waals surface area contributed by atoms with E-state index in [9.17, 15) is 19.2 Å². The fraction of sp³-hybridized carbons (Fsp3) is 0.464. The fourth-order valence-electron chi connectivity index (χ4n) is 12.2. The smallest absolute Gasteiger partial charge is 0.330 e. The highest BCUT2D eigenvalue weighted by atomic mass is 19.1. The van der Waals surface area contributed by atoms with Gasteiger partial charge in [0.15, 0.2) is 0 Å². The summed E-state index contributed by atoms with van der Waals surface area (Å²) in [5, 5.41) is 6.59. The lowest BCUT2D eigenvalue weighted by Crippen LogP contribution is -2.53. The van der Waals surface area contributed by atoms with Crippen LogP contribution in [0.5, 0.6) is 0 Å². The number of piperidine rings is 2. The molecule has 11 rings (SSSR count). The van der Waals surface area contributed by atoms with E-state index in [1.54, 1.807) is 4.57 Å². The first-order chi connectivity index (χ1) is 34.8. The quantitative estimate of drug-likeness (QED) is 0.119. The van der Waals surface area contributed by atoms with Crippen LogP contribution < -0.4 is 16.3 Å². The van der Waals surface area contributed by atoms with Crippen LogP contribution >= 0.6 is 0 Å². The fourth-order valence-corrected chi connectivity index (χ4v) is 12.2. The summed E-state index contributed by atoms with van der Waals surface area (Å²) in [5.41, 5.74) is 9.62. The van der Waals surface area contributed by atoms with Crippen molar-refractivity contribution in [1.82, 2.24) is 48.6 Å². The Kier molecular flexibility index (Phi) is 13.0. The first-order valence-electron chi connectivity index (χ1n) is 26.0. The van der Waals surface area contributed by atoms with Gasteiger partial charge >= 0.3 is 5.69 Å². The minimum Gasteiger partial charge on any atom is -0.373 e. The number of rotatable bonds is 12. The average molecular weight is 976 g/mol. The van der Waals surface area contributed by atoms with Crippen molar-refractivity contribution >= 4 is 51.2 Å². The van der Waals surface area contributed by atoms with Gasteiger partial charge < -0.3 is 14.8 Å². The van der Waals surface area contributed by atoms with Crippen molar-refractivity contribution in [3.63, 3.8) is 0 Å². The number of aryl methyl sites for hydroxylation is 2. The molecule has 2 N–H and O–H groups in total. The standard InChI is InChI=1S/C56H66FN11O4/c1-34-26-41(28-45(57)52(34)39-17-22-64(23-18-39)36(3)48-29-44-43(14-19-59-53(44)62(48)5)40-7-12-50(58-4)60-30-40)55(71)65-20-15-37(16-21-65)33-66-25-24-63(31-35(66)2)32-38-6-10-46-49(27-38)67(42-8-9-42)56(72)68(46)47-11-13-51(69)61-54(47)70/h6-7,10,12,14,17,19,26-30,35-37,42,47H,8-9,11,13,15-16,18,20-25,31-33H2,1-5H3,(H,58,60)(H,61,69,70)/t35-,36-,47+/m0/s1. The number of likely N-dealkylation sites (tertiary alicyclic amines) is 1. The second-order valence-corrected chi connectivity index (χ2v) is 21.1. The van der Waals surface area contributed by atoms with Crippen molar-refractivity contribution in [2.45, 2.75) is 96.4 Å². The van der Waals surface area contributed by atoms with Crippen molar-refractivity contribution in [3.8, 4) is 11.1 Å². The summed E-state index contributed by atoms with van der Waals surface area (Å²) in [7, 11) is 3.93. The van der Waals surface area contributed by atoms with E-state index in [-0.39, 0.29) is 41.8 Å². The number of carbonyl (C=O) groups excluding carboxylic acids is 3. The third kappa shape index (κ3) is 9.06. The number of aromatic nitrogens is 5. The zero-order valence-corrected chi connectivity index (χ0v) is 42.2. The average Bonchev–Trinajstić information content (AvgIpc) is 4.10. The monoisotopic (exact) mass is 976 g/mol. The van der Waals surface area contributed by atoms with Crippen LogP contribution in [0, 0.1) is 18.7 Å². The molecule has 5 aliphatic rings. The first-order valence-corrected chi connectivity index (χ1v) is 26.0. The molecule has 3 atom stereocenters. The molecule has 376 valence electrons. The normalized spacial score (nSPS) is 21.4. The van der Waals surface area contributed by atoms with Gasteiger partial charge in [-0.2, -0.15) is 0 Å². The number of benzene rings is 2. The minimum atomic E-state index is -0.686. The van der Waals surface area contributed by atoms with E-state index in [2.05, 4.69) is 86.1 Å². The second kappa shape index (κ2) is 19.5. The molecular weight excluding hydrogens is 910 g/mol. The molecule has 1 aliphatic carbocycles. The van der Waals surface area contributed by atoms with Crippen molar-refractivity contribution in [2.24, 2.45) is 13.0 Å². The molecule has 16 heteroatoms. The molecule has 72 heavy (non-hydrogen) atoms. The zero-order chi connectivity index (χ0) is 49.9. The van der Waals surface area contributed by atoms with Gasteiger partial charge in [0, 0.05) is 138 Å². The molecule has 4 aromatic heterocycles. The highest BCUT2D eigenvalue weighted by Gasteiger charge is 2.36. The Morgan fingerprint density at radius 2 is 1.72 bits per heavy atom. The molecule has 0 spiro atoms. The Morgan fingerprint density at radius 3 is 2.42 bits per heavy atom. The van der Waals surface area contributed by atoms with E-state index >= 15 is 4.39 Å². The number of amides is 3. The van der Waals surface area contributed by atoms with Gasteiger partial charge in [-0.25, -0.2) is 19.2 Å². The summed E-state index contributed by atoms with van der Waals surface area (Å²) >= 11 is 0. The molecule has 8 heterocycles. The number of hydrogen-bond acceptors (Lipinski definition) is 10. The maximum Gasteiger partial charge on any atom is 0.330 e. The maximum absolute atomic E-state index is 16.2. The number of anilines is 1. The Balaban J connectivity index is 0.676. The van der Waals surface area contributed by atoms with E-state index < -0.39 is 11.9 Å². The molecule has 2 aromatic carbocycles. The predicted molar refractivity (Wildman–Crippen MR) is 278 cm³/mol. The number of nitrogens with zero attached hydrogens (tertiary/aromatic N) is 9. The van der Waals surface area contributed by atoms with Gasteiger partial charge in [-0.3, -0.25) is 43.5 Å². The van der Waals surface area contributed by atoms with E-state index in [1.165, 1.54) is 6.07 Å². The Bertz CT molecular complexity index is 3160. The lowest BCUT2D eigenvalue weighted by Gasteiger charge is -2.42. The molecule has 3 amide bonds. The lowest BCUT2D eigenvalue weighted by molar-refractivity contribution is -0.135. The maximum atomic E-state index is 16.2. The number of imidazole rings is 1. The van der Waals surface area contributed by atoms with Crippen molar-refractivity contribution < 1.29 is 18.8 Å². The second-order valence-electron chi connectivity index (χ2n) is 21.1. The number of fused-ring (bicyclic) bond motifs is 2. The van der Waals surface area contributed by atoms with Crippen LogP contribution in [0.2, 0.25) is 0 Å². The molecule has 0 bridgehead atoms. The molecule has 1 saturated carbocycles. The topological polar surface area (TPSA) is 146 Å². The summed E-state index contributed by atoms with van der Waals surface area (Å²) in [4.78, 5) is 71.0. The van der Waals surface area contributed by atoms with Crippen LogP contribution in [-0.2, 0) is 23.2 Å². The number of imide groups is 1. The molecule has 4 fully saturated rings.